The van der Waals surface area contributed by atoms with Crippen LogP contribution in [0.2, 0.25) is 0 Å². The first kappa shape index (κ1) is 13.0. The van der Waals surface area contributed by atoms with Gasteiger partial charge >= 0.3 is 0 Å². The van der Waals surface area contributed by atoms with E-state index in [1.54, 1.807) is 18.2 Å². The first-order valence-electron chi connectivity index (χ1n) is 5.38. The Morgan fingerprint density at radius 3 is 2.59 bits per heavy atom. The molecule has 0 spiro atoms. The molecule has 4 nitrogen and oxygen atoms in total. The maximum atomic E-state index is 12.1. The Morgan fingerprint density at radius 2 is 2.12 bits per heavy atom. The minimum atomic E-state index is -3.55. The van der Waals surface area contributed by atoms with Crippen LogP contribution in [-0.4, -0.2) is 25.7 Å². The fourth-order valence-corrected chi connectivity index (χ4v) is 3.92. The van der Waals surface area contributed by atoms with E-state index in [-0.39, 0.29) is 11.5 Å². The van der Waals surface area contributed by atoms with E-state index in [1.165, 1.54) is 6.07 Å². The predicted molar refractivity (Wildman–Crippen MR) is 68.1 cm³/mol. The molecule has 0 unspecified atom stereocenters. The van der Waals surface area contributed by atoms with Crippen molar-refractivity contribution in [2.75, 3.05) is 6.61 Å². The van der Waals surface area contributed by atoms with E-state index in [1.807, 2.05) is 0 Å². The normalized spacial score (nSPS) is 18.7. The Bertz CT molecular complexity index is 506. The van der Waals surface area contributed by atoms with Crippen molar-refractivity contribution in [2.24, 2.45) is 0 Å². The van der Waals surface area contributed by atoms with E-state index in [9.17, 15) is 13.5 Å². The number of hydrogen-bond acceptors (Lipinski definition) is 3. The summed E-state index contributed by atoms with van der Waals surface area (Å²) in [6.07, 6.45) is 2.33. The zero-order valence-electron chi connectivity index (χ0n) is 9.19. The molecule has 0 bridgehead atoms. The Kier molecular flexibility index (Phi) is 3.58. The van der Waals surface area contributed by atoms with Crippen molar-refractivity contribution in [2.45, 2.75) is 29.7 Å². The molecule has 0 saturated heterocycles. The lowest BCUT2D eigenvalue weighted by Gasteiger charge is -2.40. The average Bonchev–Trinajstić information content (AvgIpc) is 2.24. The first-order valence-corrected chi connectivity index (χ1v) is 7.65. The minimum absolute atomic E-state index is 0.153. The molecule has 1 aliphatic carbocycles. The molecule has 0 atom stereocenters. The number of aliphatic hydroxyl groups excluding tert-OH is 1. The van der Waals surface area contributed by atoms with E-state index in [0.717, 1.165) is 6.42 Å². The van der Waals surface area contributed by atoms with Crippen LogP contribution in [0.5, 0.6) is 0 Å². The van der Waals surface area contributed by atoms with Crippen LogP contribution >= 0.6 is 15.9 Å². The molecule has 0 heterocycles. The van der Waals surface area contributed by atoms with Gasteiger partial charge in [-0.15, -0.1) is 0 Å². The van der Waals surface area contributed by atoms with Gasteiger partial charge in [-0.2, -0.15) is 0 Å². The lowest BCUT2D eigenvalue weighted by Crippen LogP contribution is -2.55. The summed E-state index contributed by atoms with van der Waals surface area (Å²) in [5.41, 5.74) is -0.652. The van der Waals surface area contributed by atoms with E-state index < -0.39 is 15.6 Å². The second-order valence-corrected chi connectivity index (χ2v) is 6.95. The molecular formula is C11H14BrNO3S. The maximum Gasteiger partial charge on any atom is 0.241 e. The number of rotatable bonds is 4. The third-order valence-electron chi connectivity index (χ3n) is 3.07. The van der Waals surface area contributed by atoms with Gasteiger partial charge in [-0.3, -0.25) is 0 Å². The topological polar surface area (TPSA) is 66.4 Å². The summed E-state index contributed by atoms with van der Waals surface area (Å²) in [7, 11) is -3.55. The fraction of sp³-hybridized carbons (Fsp3) is 0.455. The zero-order valence-corrected chi connectivity index (χ0v) is 11.6. The highest BCUT2D eigenvalue weighted by Crippen LogP contribution is 2.33. The number of nitrogens with one attached hydrogen (secondary N) is 1. The molecule has 6 heteroatoms. The molecule has 1 saturated carbocycles. The van der Waals surface area contributed by atoms with Gasteiger partial charge in [0, 0.05) is 4.47 Å². The molecule has 2 N–H and O–H groups in total. The summed E-state index contributed by atoms with van der Waals surface area (Å²) < 4.78 is 27.5. The standard InChI is InChI=1S/C11H14BrNO3S/c12-9-3-1-4-10(7-9)17(15,16)13-11(8-14)5-2-6-11/h1,3-4,7,13-14H,2,5-6,8H2. The van der Waals surface area contributed by atoms with Gasteiger partial charge in [0.1, 0.15) is 0 Å². The zero-order chi connectivity index (χ0) is 12.5. The second-order valence-electron chi connectivity index (χ2n) is 4.35. The number of aliphatic hydroxyl groups is 1. The maximum absolute atomic E-state index is 12.1. The van der Waals surface area contributed by atoms with Gasteiger partial charge in [0.2, 0.25) is 10.0 Å². The quantitative estimate of drug-likeness (QED) is 0.886. The Labute approximate surface area is 109 Å². The molecule has 17 heavy (non-hydrogen) atoms. The highest BCUT2D eigenvalue weighted by Gasteiger charge is 2.40. The van der Waals surface area contributed by atoms with Crippen molar-refractivity contribution in [3.05, 3.63) is 28.7 Å². The second kappa shape index (κ2) is 4.68. The van der Waals surface area contributed by atoms with Crippen LogP contribution in [0.3, 0.4) is 0 Å². The third-order valence-corrected chi connectivity index (χ3v) is 5.14. The number of sulfonamides is 1. The highest BCUT2D eigenvalue weighted by atomic mass is 79.9. The van der Waals surface area contributed by atoms with Gasteiger partial charge in [0.25, 0.3) is 0 Å². The van der Waals surface area contributed by atoms with E-state index >= 15 is 0 Å². The Hall–Kier alpha value is -0.430. The van der Waals surface area contributed by atoms with Crippen molar-refractivity contribution >= 4 is 26.0 Å². The van der Waals surface area contributed by atoms with Gasteiger partial charge < -0.3 is 5.11 Å². The van der Waals surface area contributed by atoms with Crippen LogP contribution in [0, 0.1) is 0 Å². The molecule has 1 aliphatic rings. The van der Waals surface area contributed by atoms with Crippen LogP contribution < -0.4 is 4.72 Å². The summed E-state index contributed by atoms with van der Waals surface area (Å²) in [4.78, 5) is 0.214. The van der Waals surface area contributed by atoms with E-state index in [4.69, 9.17) is 0 Å². The third kappa shape index (κ3) is 2.70. The van der Waals surface area contributed by atoms with Crippen LogP contribution in [0.1, 0.15) is 19.3 Å². The smallest absolute Gasteiger partial charge is 0.241 e. The molecule has 0 aromatic heterocycles. The Morgan fingerprint density at radius 1 is 1.41 bits per heavy atom. The SMILES string of the molecule is O=S(=O)(NC1(CO)CCC1)c1cccc(Br)c1. The van der Waals surface area contributed by atoms with E-state index in [0.29, 0.717) is 17.3 Å². The Balaban J connectivity index is 2.25. The lowest BCUT2D eigenvalue weighted by molar-refractivity contribution is 0.110. The molecular weight excluding hydrogens is 306 g/mol. The van der Waals surface area contributed by atoms with Crippen LogP contribution in [-0.2, 0) is 10.0 Å². The van der Waals surface area contributed by atoms with Gasteiger partial charge in [-0.05, 0) is 37.5 Å². The van der Waals surface area contributed by atoms with Crippen molar-refractivity contribution in [1.82, 2.24) is 4.72 Å². The molecule has 2 rings (SSSR count). The number of hydrogen-bond donors (Lipinski definition) is 2. The highest BCUT2D eigenvalue weighted by molar-refractivity contribution is 9.10. The fourth-order valence-electron chi connectivity index (χ4n) is 1.87. The molecule has 0 aliphatic heterocycles. The monoisotopic (exact) mass is 319 g/mol. The molecule has 1 aromatic rings. The van der Waals surface area contributed by atoms with Crippen molar-refractivity contribution in [1.29, 1.82) is 0 Å². The van der Waals surface area contributed by atoms with E-state index in [2.05, 4.69) is 20.7 Å². The van der Waals surface area contributed by atoms with Gasteiger partial charge in [-0.1, -0.05) is 22.0 Å². The molecule has 0 radical (unpaired) electrons. The number of halogens is 1. The van der Waals surface area contributed by atoms with Crippen molar-refractivity contribution in [3.8, 4) is 0 Å². The predicted octanol–water partition coefficient (Wildman–Crippen LogP) is 1.64. The van der Waals surface area contributed by atoms with Crippen molar-refractivity contribution in [3.63, 3.8) is 0 Å². The van der Waals surface area contributed by atoms with Gasteiger partial charge in [0.15, 0.2) is 0 Å². The summed E-state index contributed by atoms with van der Waals surface area (Å²) in [6, 6.07) is 6.53. The average molecular weight is 320 g/mol. The van der Waals surface area contributed by atoms with Gasteiger partial charge in [-0.25, -0.2) is 13.1 Å². The lowest BCUT2D eigenvalue weighted by atomic mass is 9.78. The largest absolute Gasteiger partial charge is 0.394 e. The van der Waals surface area contributed by atoms with Crippen LogP contribution in [0.4, 0.5) is 0 Å². The van der Waals surface area contributed by atoms with Crippen LogP contribution in [0.15, 0.2) is 33.6 Å². The van der Waals surface area contributed by atoms with Crippen LogP contribution in [0.25, 0.3) is 0 Å². The minimum Gasteiger partial charge on any atom is -0.394 e. The molecule has 94 valence electrons. The summed E-state index contributed by atoms with van der Waals surface area (Å²) in [5, 5.41) is 9.27. The molecule has 0 amide bonds. The summed E-state index contributed by atoms with van der Waals surface area (Å²) >= 11 is 3.24. The van der Waals surface area contributed by atoms with Gasteiger partial charge in [0.05, 0.1) is 17.0 Å². The molecule has 1 fully saturated rings. The number of benzene rings is 1. The summed E-state index contributed by atoms with van der Waals surface area (Å²) in [5.74, 6) is 0. The molecule has 1 aromatic carbocycles. The first-order chi connectivity index (χ1) is 7.97. The van der Waals surface area contributed by atoms with Crippen molar-refractivity contribution < 1.29 is 13.5 Å². The summed E-state index contributed by atoms with van der Waals surface area (Å²) in [6.45, 7) is -0.153.